The number of halogens is 4. The number of hydrogen-bond acceptors (Lipinski definition) is 3. The Morgan fingerprint density at radius 3 is 1.68 bits per heavy atom. The molecule has 160 valence electrons. The molecule has 0 N–H and O–H groups in total. The van der Waals surface area contributed by atoms with Gasteiger partial charge in [0.2, 0.25) is 0 Å². The molecule has 3 rings (SSSR count). The average Bonchev–Trinajstić information content (AvgIpc) is 2.79. The summed E-state index contributed by atoms with van der Waals surface area (Å²) in [7, 11) is 0. The molecule has 0 heterocycles. The molecular formula is C22H16F4N2O3. The van der Waals surface area contributed by atoms with Gasteiger partial charge in [0.05, 0.1) is 11.4 Å². The van der Waals surface area contributed by atoms with Crippen LogP contribution in [0.3, 0.4) is 0 Å². The van der Waals surface area contributed by atoms with Crippen molar-refractivity contribution in [1.29, 1.82) is 0 Å². The van der Waals surface area contributed by atoms with E-state index in [4.69, 9.17) is 0 Å². The lowest BCUT2D eigenvalue weighted by molar-refractivity contribution is -0.300. The molecule has 0 saturated carbocycles. The molecule has 0 aromatic heterocycles. The number of imide groups is 1. The highest BCUT2D eigenvalue weighted by molar-refractivity contribution is 6.23. The van der Waals surface area contributed by atoms with Crippen molar-refractivity contribution < 1.29 is 32.0 Å². The zero-order valence-corrected chi connectivity index (χ0v) is 15.9. The second-order valence-electron chi connectivity index (χ2n) is 6.21. The highest BCUT2D eigenvalue weighted by Crippen LogP contribution is 2.30. The van der Waals surface area contributed by atoms with Crippen LogP contribution >= 0.6 is 0 Å². The van der Waals surface area contributed by atoms with Crippen molar-refractivity contribution in [3.8, 4) is 0 Å². The van der Waals surface area contributed by atoms with Crippen molar-refractivity contribution >= 4 is 23.3 Å². The van der Waals surface area contributed by atoms with E-state index in [-0.39, 0.29) is 22.0 Å². The van der Waals surface area contributed by atoms with Gasteiger partial charge in [-0.05, 0) is 36.4 Å². The minimum Gasteiger partial charge on any atom is -0.268 e. The van der Waals surface area contributed by atoms with Gasteiger partial charge in [-0.15, -0.1) is 0 Å². The minimum atomic E-state index is -4.98. The molecule has 0 aliphatic rings. The first kappa shape index (κ1) is 22.0. The van der Waals surface area contributed by atoms with Crippen LogP contribution in [0.1, 0.15) is 10.4 Å². The van der Waals surface area contributed by atoms with Gasteiger partial charge in [0.1, 0.15) is 0 Å². The second-order valence-corrected chi connectivity index (χ2v) is 6.21. The van der Waals surface area contributed by atoms with Crippen LogP contribution in [0.2, 0.25) is 0 Å². The monoisotopic (exact) mass is 432 g/mol. The standard InChI is InChI=1S/C22H16F4N2O3/c23-20(24)22(25,26)31-28(18-14-8-3-9-15-18)21(30)27(17-12-6-2-7-13-17)19(29)16-10-4-1-5-11-16/h1-15,20H. The fraction of sp³-hybridized carbons (Fsp3) is 0.0909. The van der Waals surface area contributed by atoms with Crippen LogP contribution in [0.15, 0.2) is 91.0 Å². The minimum absolute atomic E-state index is 0.0139. The van der Waals surface area contributed by atoms with E-state index in [0.29, 0.717) is 4.90 Å². The normalized spacial score (nSPS) is 11.3. The summed E-state index contributed by atoms with van der Waals surface area (Å²) >= 11 is 0. The summed E-state index contributed by atoms with van der Waals surface area (Å²) in [4.78, 5) is 31.1. The summed E-state index contributed by atoms with van der Waals surface area (Å²) < 4.78 is 53.1. The van der Waals surface area contributed by atoms with Crippen molar-refractivity contribution in [3.05, 3.63) is 96.6 Å². The maximum Gasteiger partial charge on any atom is 0.437 e. The zero-order valence-electron chi connectivity index (χ0n) is 15.9. The Kier molecular flexibility index (Phi) is 6.66. The number of carbonyl (C=O) groups is 2. The number of anilines is 2. The number of nitrogens with zero attached hydrogens (tertiary/aromatic N) is 2. The Balaban J connectivity index is 2.08. The number of para-hydroxylation sites is 2. The molecule has 5 nitrogen and oxygen atoms in total. The average molecular weight is 432 g/mol. The molecule has 9 heteroatoms. The van der Waals surface area contributed by atoms with Crippen LogP contribution in [0, 0.1) is 0 Å². The molecule has 0 fully saturated rings. The van der Waals surface area contributed by atoms with Crippen LogP contribution < -0.4 is 9.96 Å². The number of benzene rings is 3. The van der Waals surface area contributed by atoms with E-state index >= 15 is 0 Å². The number of hydroxylamine groups is 1. The number of amides is 3. The molecule has 0 unspecified atom stereocenters. The summed E-state index contributed by atoms with van der Waals surface area (Å²) in [6.07, 6.45) is -9.19. The van der Waals surface area contributed by atoms with E-state index in [1.807, 2.05) is 0 Å². The van der Waals surface area contributed by atoms with Crippen molar-refractivity contribution in [2.45, 2.75) is 12.5 Å². The lowest BCUT2D eigenvalue weighted by Crippen LogP contribution is -2.50. The molecule has 3 amide bonds. The van der Waals surface area contributed by atoms with Gasteiger partial charge < -0.3 is 0 Å². The van der Waals surface area contributed by atoms with Crippen LogP contribution in [0.25, 0.3) is 0 Å². The number of alkyl halides is 4. The molecule has 0 radical (unpaired) electrons. The van der Waals surface area contributed by atoms with E-state index < -0.39 is 24.5 Å². The molecule has 31 heavy (non-hydrogen) atoms. The van der Waals surface area contributed by atoms with Crippen LogP contribution in [-0.4, -0.2) is 24.5 Å². The Morgan fingerprint density at radius 1 is 0.742 bits per heavy atom. The summed E-state index contributed by atoms with van der Waals surface area (Å²) in [5, 5.41) is -0.0139. The number of hydrogen-bond donors (Lipinski definition) is 0. The Morgan fingerprint density at radius 2 is 1.19 bits per heavy atom. The Labute approximate surface area is 175 Å². The van der Waals surface area contributed by atoms with Crippen molar-refractivity contribution in [2.24, 2.45) is 0 Å². The fourth-order valence-corrected chi connectivity index (χ4v) is 2.62. The van der Waals surface area contributed by atoms with Crippen molar-refractivity contribution in [1.82, 2.24) is 0 Å². The third kappa shape index (κ3) is 5.07. The van der Waals surface area contributed by atoms with Gasteiger partial charge in [-0.1, -0.05) is 54.6 Å². The maximum atomic E-state index is 13.8. The van der Waals surface area contributed by atoms with Crippen LogP contribution in [0.5, 0.6) is 0 Å². The molecule has 0 atom stereocenters. The van der Waals surface area contributed by atoms with Gasteiger partial charge in [0.15, 0.2) is 0 Å². The quantitative estimate of drug-likeness (QED) is 0.368. The maximum absolute atomic E-state index is 13.8. The molecule has 3 aromatic carbocycles. The summed E-state index contributed by atoms with van der Waals surface area (Å²) in [6.45, 7) is 0. The SMILES string of the molecule is O=C(c1ccccc1)N(C(=O)N(OC(F)(F)C(F)F)c1ccccc1)c1ccccc1. The lowest BCUT2D eigenvalue weighted by Gasteiger charge is -2.30. The molecule has 0 saturated heterocycles. The Bertz CT molecular complexity index is 1020. The van der Waals surface area contributed by atoms with E-state index in [2.05, 4.69) is 4.84 Å². The van der Waals surface area contributed by atoms with Crippen LogP contribution in [-0.2, 0) is 4.84 Å². The van der Waals surface area contributed by atoms with Gasteiger partial charge in [0.25, 0.3) is 5.91 Å². The highest BCUT2D eigenvalue weighted by atomic mass is 19.3. The van der Waals surface area contributed by atoms with Gasteiger partial charge in [0, 0.05) is 5.56 Å². The molecule has 0 spiro atoms. The molecule has 0 aliphatic carbocycles. The smallest absolute Gasteiger partial charge is 0.268 e. The predicted molar refractivity (Wildman–Crippen MR) is 106 cm³/mol. The molecule has 0 bridgehead atoms. The van der Waals surface area contributed by atoms with Crippen molar-refractivity contribution in [2.75, 3.05) is 9.96 Å². The Hall–Kier alpha value is -3.72. The van der Waals surface area contributed by atoms with E-state index in [1.165, 1.54) is 66.7 Å². The van der Waals surface area contributed by atoms with E-state index in [9.17, 15) is 27.2 Å². The topological polar surface area (TPSA) is 49.9 Å². The summed E-state index contributed by atoms with van der Waals surface area (Å²) in [6, 6.07) is 20.4. The second kappa shape index (κ2) is 9.40. The lowest BCUT2D eigenvalue weighted by atomic mass is 10.2. The molecule has 0 aliphatic heterocycles. The third-order valence-electron chi connectivity index (χ3n) is 4.06. The number of urea groups is 1. The molecule has 3 aromatic rings. The first-order valence-electron chi connectivity index (χ1n) is 9.00. The van der Waals surface area contributed by atoms with Gasteiger partial charge in [-0.25, -0.2) is 18.5 Å². The van der Waals surface area contributed by atoms with Crippen LogP contribution in [0.4, 0.5) is 33.7 Å². The van der Waals surface area contributed by atoms with Gasteiger partial charge in [-0.3, -0.25) is 4.79 Å². The van der Waals surface area contributed by atoms with Gasteiger partial charge in [-0.2, -0.15) is 18.7 Å². The van der Waals surface area contributed by atoms with Gasteiger partial charge >= 0.3 is 18.6 Å². The number of rotatable bonds is 6. The third-order valence-corrected chi connectivity index (χ3v) is 4.06. The van der Waals surface area contributed by atoms with E-state index in [0.717, 1.165) is 0 Å². The highest BCUT2D eigenvalue weighted by Gasteiger charge is 2.47. The zero-order chi connectivity index (χ0) is 22.4. The largest absolute Gasteiger partial charge is 0.437 e. The first-order valence-corrected chi connectivity index (χ1v) is 9.00. The molecular weight excluding hydrogens is 416 g/mol. The predicted octanol–water partition coefficient (Wildman–Crippen LogP) is 5.75. The fourth-order valence-electron chi connectivity index (χ4n) is 2.62. The van der Waals surface area contributed by atoms with Crippen molar-refractivity contribution in [3.63, 3.8) is 0 Å². The number of carbonyl (C=O) groups excluding carboxylic acids is 2. The van der Waals surface area contributed by atoms with E-state index in [1.54, 1.807) is 24.3 Å². The first-order chi connectivity index (χ1) is 14.8. The summed E-state index contributed by atoms with van der Waals surface area (Å²) in [5.41, 5.74) is -0.158. The summed E-state index contributed by atoms with van der Waals surface area (Å²) in [5.74, 6) is -0.860.